The first kappa shape index (κ1) is 12.5. The van der Waals surface area contributed by atoms with Gasteiger partial charge in [-0.1, -0.05) is 37.0 Å². The summed E-state index contributed by atoms with van der Waals surface area (Å²) in [6.45, 7) is 6.69. The molecular formula is C16H25N. The van der Waals surface area contributed by atoms with E-state index in [9.17, 15) is 0 Å². The molecule has 0 aromatic heterocycles. The second-order valence-corrected chi connectivity index (χ2v) is 5.65. The first-order chi connectivity index (χ1) is 8.16. The Hall–Kier alpha value is -0.980. The Morgan fingerprint density at radius 2 is 1.82 bits per heavy atom. The van der Waals surface area contributed by atoms with Crippen molar-refractivity contribution in [3.05, 3.63) is 29.3 Å². The van der Waals surface area contributed by atoms with Crippen molar-refractivity contribution < 1.29 is 0 Å². The lowest BCUT2D eigenvalue weighted by Crippen LogP contribution is -2.27. The van der Waals surface area contributed by atoms with Crippen LogP contribution in [0.3, 0.4) is 0 Å². The van der Waals surface area contributed by atoms with Gasteiger partial charge in [-0.25, -0.2) is 0 Å². The Labute approximate surface area is 106 Å². The van der Waals surface area contributed by atoms with E-state index >= 15 is 0 Å². The quantitative estimate of drug-likeness (QED) is 0.796. The van der Waals surface area contributed by atoms with Gasteiger partial charge in [-0.3, -0.25) is 0 Å². The Bertz CT molecular complexity index is 364. The number of aryl methyl sites for hydroxylation is 2. The summed E-state index contributed by atoms with van der Waals surface area (Å²) in [5.41, 5.74) is 4.03. The van der Waals surface area contributed by atoms with Gasteiger partial charge in [-0.05, 0) is 51.2 Å². The van der Waals surface area contributed by atoms with Gasteiger partial charge in [0.25, 0.3) is 0 Å². The lowest BCUT2D eigenvalue weighted by atomic mass is 9.84. The van der Waals surface area contributed by atoms with E-state index in [0.29, 0.717) is 6.04 Å². The summed E-state index contributed by atoms with van der Waals surface area (Å²) >= 11 is 0. The summed E-state index contributed by atoms with van der Waals surface area (Å²) in [4.78, 5) is 0. The maximum absolute atomic E-state index is 3.71. The van der Waals surface area contributed by atoms with Crippen LogP contribution in [0.15, 0.2) is 18.2 Å². The highest BCUT2D eigenvalue weighted by molar-refractivity contribution is 5.52. The number of benzene rings is 1. The summed E-state index contributed by atoms with van der Waals surface area (Å²) in [6.07, 6.45) is 7.08. The zero-order valence-corrected chi connectivity index (χ0v) is 11.4. The maximum atomic E-state index is 3.71. The highest BCUT2D eigenvalue weighted by atomic mass is 14.9. The third-order valence-electron chi connectivity index (χ3n) is 4.12. The molecule has 1 unspecified atom stereocenters. The minimum Gasteiger partial charge on any atom is -0.382 e. The fourth-order valence-corrected chi connectivity index (χ4v) is 2.97. The summed E-state index contributed by atoms with van der Waals surface area (Å²) < 4.78 is 0. The zero-order chi connectivity index (χ0) is 12.3. The molecule has 1 aromatic rings. The van der Waals surface area contributed by atoms with Crippen molar-refractivity contribution >= 4 is 5.69 Å². The molecule has 17 heavy (non-hydrogen) atoms. The monoisotopic (exact) mass is 231 g/mol. The molecule has 0 spiro atoms. The second-order valence-electron chi connectivity index (χ2n) is 5.65. The normalized spacial score (nSPS) is 19.0. The van der Waals surface area contributed by atoms with Crippen LogP contribution in [-0.2, 0) is 0 Å². The Kier molecular flexibility index (Phi) is 4.09. The van der Waals surface area contributed by atoms with Crippen LogP contribution in [0.1, 0.15) is 50.2 Å². The average molecular weight is 231 g/mol. The van der Waals surface area contributed by atoms with Crippen LogP contribution in [0.25, 0.3) is 0 Å². The van der Waals surface area contributed by atoms with Gasteiger partial charge >= 0.3 is 0 Å². The molecule has 1 saturated carbocycles. The SMILES string of the molecule is Cc1ccc(NC(C)C2CCCCC2)c(C)c1. The van der Waals surface area contributed by atoms with Crippen LogP contribution in [0.5, 0.6) is 0 Å². The van der Waals surface area contributed by atoms with Crippen molar-refractivity contribution in [2.24, 2.45) is 5.92 Å². The van der Waals surface area contributed by atoms with Gasteiger partial charge in [0.15, 0.2) is 0 Å². The molecule has 94 valence electrons. The molecule has 0 amide bonds. The summed E-state index contributed by atoms with van der Waals surface area (Å²) in [5, 5.41) is 3.71. The Morgan fingerprint density at radius 3 is 2.47 bits per heavy atom. The van der Waals surface area contributed by atoms with Gasteiger partial charge in [-0.2, -0.15) is 0 Å². The van der Waals surface area contributed by atoms with Crippen LogP contribution in [-0.4, -0.2) is 6.04 Å². The molecule has 1 N–H and O–H groups in total. The number of nitrogens with one attached hydrogen (secondary N) is 1. The average Bonchev–Trinajstić information content (AvgIpc) is 2.34. The highest BCUT2D eigenvalue weighted by Crippen LogP contribution is 2.28. The lowest BCUT2D eigenvalue weighted by Gasteiger charge is -2.29. The van der Waals surface area contributed by atoms with Crippen LogP contribution < -0.4 is 5.32 Å². The van der Waals surface area contributed by atoms with Gasteiger partial charge in [0.1, 0.15) is 0 Å². The highest BCUT2D eigenvalue weighted by Gasteiger charge is 2.20. The van der Waals surface area contributed by atoms with E-state index in [2.05, 4.69) is 44.3 Å². The fraction of sp³-hybridized carbons (Fsp3) is 0.625. The Balaban J connectivity index is 1.99. The van der Waals surface area contributed by atoms with Crippen molar-refractivity contribution in [1.82, 2.24) is 0 Å². The van der Waals surface area contributed by atoms with Crippen molar-refractivity contribution in [1.29, 1.82) is 0 Å². The van der Waals surface area contributed by atoms with Gasteiger partial charge in [0.05, 0.1) is 0 Å². The molecule has 1 aliphatic carbocycles. The van der Waals surface area contributed by atoms with Gasteiger partial charge in [-0.15, -0.1) is 0 Å². The predicted octanol–water partition coefficient (Wildman–Crippen LogP) is 4.68. The number of hydrogen-bond donors (Lipinski definition) is 1. The molecule has 0 radical (unpaired) electrons. The molecule has 0 saturated heterocycles. The summed E-state index contributed by atoms with van der Waals surface area (Å²) in [6, 6.07) is 7.29. The molecule has 2 rings (SSSR count). The van der Waals surface area contributed by atoms with E-state index in [1.165, 1.54) is 48.9 Å². The molecule has 1 heteroatoms. The molecule has 1 atom stereocenters. The van der Waals surface area contributed by atoms with E-state index < -0.39 is 0 Å². The first-order valence-corrected chi connectivity index (χ1v) is 7.00. The van der Waals surface area contributed by atoms with Crippen LogP contribution in [0, 0.1) is 19.8 Å². The number of hydrogen-bond acceptors (Lipinski definition) is 1. The standard InChI is InChI=1S/C16H25N/c1-12-9-10-16(13(2)11-12)17-14(3)15-7-5-4-6-8-15/h9-11,14-15,17H,4-8H2,1-3H3. The third kappa shape index (κ3) is 3.24. The lowest BCUT2D eigenvalue weighted by molar-refractivity contribution is 0.328. The summed E-state index contributed by atoms with van der Waals surface area (Å²) in [7, 11) is 0. The van der Waals surface area contributed by atoms with Gasteiger partial charge in [0, 0.05) is 11.7 Å². The molecule has 1 nitrogen and oxygen atoms in total. The number of rotatable bonds is 3. The molecule has 0 bridgehead atoms. The third-order valence-corrected chi connectivity index (χ3v) is 4.12. The smallest absolute Gasteiger partial charge is 0.0372 e. The molecule has 0 heterocycles. The molecule has 1 aromatic carbocycles. The van der Waals surface area contributed by atoms with Crippen molar-refractivity contribution in [3.8, 4) is 0 Å². The van der Waals surface area contributed by atoms with Crippen LogP contribution in [0.4, 0.5) is 5.69 Å². The van der Waals surface area contributed by atoms with Gasteiger partial charge in [0.2, 0.25) is 0 Å². The van der Waals surface area contributed by atoms with Crippen molar-refractivity contribution in [2.45, 2.75) is 58.9 Å². The summed E-state index contributed by atoms with van der Waals surface area (Å²) in [5.74, 6) is 0.865. The van der Waals surface area contributed by atoms with E-state index in [1.54, 1.807) is 0 Å². The van der Waals surface area contributed by atoms with Crippen molar-refractivity contribution in [3.63, 3.8) is 0 Å². The minimum absolute atomic E-state index is 0.608. The molecule has 1 aliphatic rings. The van der Waals surface area contributed by atoms with Crippen LogP contribution in [0.2, 0.25) is 0 Å². The maximum Gasteiger partial charge on any atom is 0.0372 e. The zero-order valence-electron chi connectivity index (χ0n) is 11.4. The topological polar surface area (TPSA) is 12.0 Å². The van der Waals surface area contributed by atoms with E-state index in [4.69, 9.17) is 0 Å². The molecular weight excluding hydrogens is 206 g/mol. The van der Waals surface area contributed by atoms with Gasteiger partial charge < -0.3 is 5.32 Å². The largest absolute Gasteiger partial charge is 0.382 e. The first-order valence-electron chi connectivity index (χ1n) is 7.00. The van der Waals surface area contributed by atoms with E-state index in [0.717, 1.165) is 5.92 Å². The van der Waals surface area contributed by atoms with Crippen LogP contribution >= 0.6 is 0 Å². The number of anilines is 1. The Morgan fingerprint density at radius 1 is 1.12 bits per heavy atom. The molecule has 1 fully saturated rings. The molecule has 0 aliphatic heterocycles. The van der Waals surface area contributed by atoms with E-state index in [1.807, 2.05) is 0 Å². The van der Waals surface area contributed by atoms with E-state index in [-0.39, 0.29) is 0 Å². The second kappa shape index (κ2) is 5.57. The predicted molar refractivity (Wildman–Crippen MR) is 75.6 cm³/mol. The van der Waals surface area contributed by atoms with Crippen molar-refractivity contribution in [2.75, 3.05) is 5.32 Å². The minimum atomic E-state index is 0.608. The fourth-order valence-electron chi connectivity index (χ4n) is 2.97.